The van der Waals surface area contributed by atoms with E-state index < -0.39 is 0 Å². The van der Waals surface area contributed by atoms with Crippen molar-refractivity contribution in [3.05, 3.63) is 48.0 Å². The number of carbonyl (C=O) groups excluding carboxylic acids is 1. The molecule has 0 unspecified atom stereocenters. The Balaban J connectivity index is 1.30. The molecule has 0 aliphatic carbocycles. The molecule has 0 atom stereocenters. The maximum Gasteiger partial charge on any atom is 0.228 e. The van der Waals surface area contributed by atoms with Gasteiger partial charge in [-0.15, -0.1) is 11.3 Å². The predicted octanol–water partition coefficient (Wildman–Crippen LogP) is 1.36. The molecule has 4 heterocycles. The quantitative estimate of drug-likeness (QED) is 0.706. The maximum atomic E-state index is 12.6. The van der Waals surface area contributed by atoms with Crippen molar-refractivity contribution in [3.63, 3.8) is 0 Å². The van der Waals surface area contributed by atoms with Gasteiger partial charge in [0.1, 0.15) is 0 Å². The lowest BCUT2D eigenvalue weighted by Crippen LogP contribution is -2.49. The van der Waals surface area contributed by atoms with E-state index in [0.717, 1.165) is 18.8 Å². The first-order chi connectivity index (χ1) is 13.3. The third-order valence-corrected chi connectivity index (χ3v) is 4.94. The SMILES string of the molecule is O=C(Cc1csc(Nc2ncccn2)n1)N1CCN(c2ncccn2)CC1. The summed E-state index contributed by atoms with van der Waals surface area (Å²) in [6.45, 7) is 2.77. The van der Waals surface area contributed by atoms with Crippen LogP contribution in [0.2, 0.25) is 0 Å². The summed E-state index contributed by atoms with van der Waals surface area (Å²) in [7, 11) is 0. The molecule has 0 saturated carbocycles. The van der Waals surface area contributed by atoms with Crippen molar-refractivity contribution >= 4 is 34.3 Å². The summed E-state index contributed by atoms with van der Waals surface area (Å²) >= 11 is 1.43. The van der Waals surface area contributed by atoms with Gasteiger partial charge in [-0.3, -0.25) is 4.79 Å². The van der Waals surface area contributed by atoms with Crippen molar-refractivity contribution in [1.29, 1.82) is 0 Å². The third kappa shape index (κ3) is 4.34. The van der Waals surface area contributed by atoms with Crippen LogP contribution in [0.3, 0.4) is 0 Å². The number of hydrogen-bond acceptors (Lipinski definition) is 9. The van der Waals surface area contributed by atoms with E-state index in [1.54, 1.807) is 36.9 Å². The number of rotatable bonds is 5. The van der Waals surface area contributed by atoms with Crippen LogP contribution in [-0.2, 0) is 11.2 Å². The average molecular weight is 382 g/mol. The topological polar surface area (TPSA) is 100 Å². The molecule has 138 valence electrons. The monoisotopic (exact) mass is 382 g/mol. The average Bonchev–Trinajstić information content (AvgIpc) is 3.16. The van der Waals surface area contributed by atoms with E-state index >= 15 is 0 Å². The van der Waals surface area contributed by atoms with Crippen LogP contribution in [0.4, 0.5) is 17.0 Å². The summed E-state index contributed by atoms with van der Waals surface area (Å²) in [5.41, 5.74) is 0.747. The van der Waals surface area contributed by atoms with Gasteiger partial charge in [-0.05, 0) is 12.1 Å². The summed E-state index contributed by atoms with van der Waals surface area (Å²) in [4.78, 5) is 37.7. The Bertz CT molecular complexity index is 880. The summed E-state index contributed by atoms with van der Waals surface area (Å²) < 4.78 is 0. The summed E-state index contributed by atoms with van der Waals surface area (Å²) in [6.07, 6.45) is 7.07. The molecule has 0 spiro atoms. The van der Waals surface area contributed by atoms with Crippen molar-refractivity contribution in [2.24, 2.45) is 0 Å². The molecule has 1 aliphatic heterocycles. The number of nitrogens with one attached hydrogen (secondary N) is 1. The molecule has 0 radical (unpaired) electrons. The van der Waals surface area contributed by atoms with Gasteiger partial charge in [0.25, 0.3) is 0 Å². The lowest BCUT2D eigenvalue weighted by Gasteiger charge is -2.34. The van der Waals surface area contributed by atoms with Gasteiger partial charge in [0, 0.05) is 56.3 Å². The van der Waals surface area contributed by atoms with E-state index in [1.807, 2.05) is 10.3 Å². The summed E-state index contributed by atoms with van der Waals surface area (Å²) in [6, 6.07) is 3.55. The second-order valence-electron chi connectivity index (χ2n) is 5.93. The van der Waals surface area contributed by atoms with Crippen LogP contribution in [-0.4, -0.2) is 61.9 Å². The Kier molecular flexibility index (Phi) is 5.15. The fraction of sp³-hybridized carbons (Fsp3) is 0.294. The zero-order valence-electron chi connectivity index (χ0n) is 14.5. The Labute approximate surface area is 160 Å². The standard InChI is InChI=1S/C17H18N8OS/c26-14(24-7-9-25(10-8-24)16-20-5-2-6-21-16)11-13-12-27-17(22-13)23-15-18-3-1-4-19-15/h1-6,12H,7-11H2,(H,18,19,22,23). The Morgan fingerprint density at radius 3 is 2.37 bits per heavy atom. The smallest absolute Gasteiger partial charge is 0.228 e. The van der Waals surface area contributed by atoms with Gasteiger partial charge in [-0.2, -0.15) is 0 Å². The lowest BCUT2D eigenvalue weighted by molar-refractivity contribution is -0.130. The molecule has 3 aromatic heterocycles. The van der Waals surface area contributed by atoms with Crippen LogP contribution in [0.1, 0.15) is 5.69 Å². The molecule has 1 amide bonds. The number of anilines is 3. The Morgan fingerprint density at radius 1 is 1.00 bits per heavy atom. The number of piperazine rings is 1. The molecule has 4 rings (SSSR count). The molecule has 1 aliphatic rings. The summed E-state index contributed by atoms with van der Waals surface area (Å²) in [5, 5.41) is 5.60. The van der Waals surface area contributed by atoms with E-state index in [0.29, 0.717) is 30.1 Å². The molecular formula is C17H18N8OS. The number of thiazole rings is 1. The minimum Gasteiger partial charge on any atom is -0.339 e. The minimum atomic E-state index is 0.0800. The second-order valence-corrected chi connectivity index (χ2v) is 6.79. The van der Waals surface area contributed by atoms with Crippen LogP contribution >= 0.6 is 11.3 Å². The van der Waals surface area contributed by atoms with Gasteiger partial charge in [-0.1, -0.05) is 0 Å². The lowest BCUT2D eigenvalue weighted by atomic mass is 10.2. The Morgan fingerprint density at radius 2 is 1.67 bits per heavy atom. The zero-order chi connectivity index (χ0) is 18.5. The number of carbonyl (C=O) groups is 1. The van der Waals surface area contributed by atoms with Crippen molar-refractivity contribution in [1.82, 2.24) is 29.8 Å². The van der Waals surface area contributed by atoms with E-state index in [9.17, 15) is 4.79 Å². The highest BCUT2D eigenvalue weighted by Gasteiger charge is 2.23. The van der Waals surface area contributed by atoms with Crippen molar-refractivity contribution in [3.8, 4) is 0 Å². The highest BCUT2D eigenvalue weighted by atomic mass is 32.1. The fourth-order valence-electron chi connectivity index (χ4n) is 2.78. The van der Waals surface area contributed by atoms with E-state index in [1.165, 1.54) is 11.3 Å². The molecule has 27 heavy (non-hydrogen) atoms. The normalized spacial score (nSPS) is 14.2. The molecule has 0 bridgehead atoms. The molecule has 9 nitrogen and oxygen atoms in total. The van der Waals surface area contributed by atoms with Gasteiger partial charge >= 0.3 is 0 Å². The van der Waals surface area contributed by atoms with Crippen molar-refractivity contribution in [2.75, 3.05) is 36.4 Å². The first-order valence-corrected chi connectivity index (χ1v) is 9.44. The molecule has 1 N–H and O–H groups in total. The first kappa shape index (κ1) is 17.3. The fourth-order valence-corrected chi connectivity index (χ4v) is 3.49. The van der Waals surface area contributed by atoms with Crippen LogP contribution < -0.4 is 10.2 Å². The number of amides is 1. The molecule has 3 aromatic rings. The predicted molar refractivity (Wildman–Crippen MR) is 102 cm³/mol. The highest BCUT2D eigenvalue weighted by Crippen LogP contribution is 2.19. The van der Waals surface area contributed by atoms with E-state index in [4.69, 9.17) is 0 Å². The maximum absolute atomic E-state index is 12.6. The highest BCUT2D eigenvalue weighted by molar-refractivity contribution is 7.13. The van der Waals surface area contributed by atoms with Gasteiger partial charge in [0.2, 0.25) is 17.8 Å². The van der Waals surface area contributed by atoms with Gasteiger partial charge in [0.05, 0.1) is 12.1 Å². The van der Waals surface area contributed by atoms with E-state index in [-0.39, 0.29) is 12.3 Å². The van der Waals surface area contributed by atoms with Crippen LogP contribution in [0, 0.1) is 0 Å². The zero-order valence-corrected chi connectivity index (χ0v) is 15.3. The Hall–Kier alpha value is -3.14. The molecule has 10 heteroatoms. The first-order valence-electron chi connectivity index (χ1n) is 8.56. The third-order valence-electron chi connectivity index (χ3n) is 4.14. The molecular weight excluding hydrogens is 364 g/mol. The summed E-state index contributed by atoms with van der Waals surface area (Å²) in [5.74, 6) is 1.28. The van der Waals surface area contributed by atoms with Crippen LogP contribution in [0.25, 0.3) is 0 Å². The van der Waals surface area contributed by atoms with Gasteiger partial charge in [-0.25, -0.2) is 24.9 Å². The number of nitrogens with zero attached hydrogens (tertiary/aromatic N) is 7. The van der Waals surface area contributed by atoms with Gasteiger partial charge < -0.3 is 15.1 Å². The number of hydrogen-bond donors (Lipinski definition) is 1. The molecule has 1 fully saturated rings. The molecule has 0 aromatic carbocycles. The second kappa shape index (κ2) is 8.04. The largest absolute Gasteiger partial charge is 0.339 e. The van der Waals surface area contributed by atoms with Crippen molar-refractivity contribution < 1.29 is 4.79 Å². The van der Waals surface area contributed by atoms with Crippen molar-refractivity contribution in [2.45, 2.75) is 6.42 Å². The van der Waals surface area contributed by atoms with Gasteiger partial charge in [0.15, 0.2) is 5.13 Å². The van der Waals surface area contributed by atoms with Crippen LogP contribution in [0.5, 0.6) is 0 Å². The van der Waals surface area contributed by atoms with E-state index in [2.05, 4.69) is 35.1 Å². The molecule has 1 saturated heterocycles. The number of aromatic nitrogens is 5. The van der Waals surface area contributed by atoms with Crippen LogP contribution in [0.15, 0.2) is 42.3 Å². The minimum absolute atomic E-state index is 0.0800.